The maximum Gasteiger partial charge on any atom is 2.00 e. The second kappa shape index (κ2) is 8.61. The number of rotatable bonds is 0. The van der Waals surface area contributed by atoms with Crippen LogP contribution in [0.2, 0.25) is 0 Å². The summed E-state index contributed by atoms with van der Waals surface area (Å²) >= 11 is 0. The van der Waals surface area contributed by atoms with E-state index >= 15 is 0 Å². The smallest absolute Gasteiger partial charge is 0.543 e. The number of hydrogen-bond donors (Lipinski definition) is 2. The first-order valence-corrected chi connectivity index (χ1v) is 5.19. The molecule has 1 aliphatic rings. The summed E-state index contributed by atoms with van der Waals surface area (Å²) in [6.45, 7) is 4.52. The van der Waals surface area contributed by atoms with E-state index in [0.717, 1.165) is 24.7 Å². The average molecular weight is 425 g/mol. The van der Waals surface area contributed by atoms with Gasteiger partial charge in [-0.05, 0) is 24.7 Å². The van der Waals surface area contributed by atoms with Gasteiger partial charge in [-0.15, -0.1) is 0 Å². The van der Waals surface area contributed by atoms with Crippen LogP contribution < -0.4 is 21.7 Å². The fourth-order valence-corrected chi connectivity index (χ4v) is 1.67. The van der Waals surface area contributed by atoms with Gasteiger partial charge in [0.1, 0.15) is 0 Å². The number of carbonyl (C=O) groups excluding carboxylic acids is 2. The molecule has 0 bridgehead atoms. The molecule has 0 aromatic rings. The fourth-order valence-electron chi connectivity index (χ4n) is 1.67. The topological polar surface area (TPSA) is 132 Å². The van der Waals surface area contributed by atoms with Crippen molar-refractivity contribution in [3.63, 3.8) is 0 Å². The van der Waals surface area contributed by atoms with E-state index in [-0.39, 0.29) is 33.1 Å². The van der Waals surface area contributed by atoms with Crippen molar-refractivity contribution >= 4 is 11.9 Å². The molecule has 0 spiro atoms. The van der Waals surface area contributed by atoms with Gasteiger partial charge in [-0.2, -0.15) is 0 Å². The molecule has 1 fully saturated rings. The number of hydrogen-bond acceptors (Lipinski definition) is 6. The molecule has 0 aromatic heterocycles. The maximum absolute atomic E-state index is 8.93. The van der Waals surface area contributed by atoms with Gasteiger partial charge in [0.05, 0.1) is 11.9 Å². The zero-order chi connectivity index (χ0) is 12.9. The van der Waals surface area contributed by atoms with Crippen LogP contribution in [0.25, 0.3) is 0 Å². The first kappa shape index (κ1) is 18.9. The molecule has 1 rings (SSSR count). The van der Waals surface area contributed by atoms with Gasteiger partial charge in [0.2, 0.25) is 0 Å². The van der Waals surface area contributed by atoms with Gasteiger partial charge in [0.25, 0.3) is 0 Å². The van der Waals surface area contributed by atoms with Crippen LogP contribution in [0.5, 0.6) is 0 Å². The molecule has 0 saturated heterocycles. The van der Waals surface area contributed by atoms with E-state index in [1.54, 1.807) is 0 Å². The molecule has 0 aliphatic heterocycles. The molecule has 6 nitrogen and oxygen atoms in total. The molecular formula is C10H18N2O4Pt. The molecule has 0 aromatic carbocycles. The Morgan fingerprint density at radius 1 is 0.941 bits per heavy atom. The average Bonchev–Trinajstić information content (AvgIpc) is 2.16. The van der Waals surface area contributed by atoms with Crippen LogP contribution in [0.15, 0.2) is 0 Å². The van der Waals surface area contributed by atoms with Crippen LogP contribution >= 0.6 is 0 Å². The van der Waals surface area contributed by atoms with E-state index in [4.69, 9.17) is 31.3 Å². The van der Waals surface area contributed by atoms with Crippen molar-refractivity contribution in [1.29, 1.82) is 0 Å². The van der Waals surface area contributed by atoms with Gasteiger partial charge < -0.3 is 31.3 Å². The van der Waals surface area contributed by atoms with Crippen LogP contribution in [-0.2, 0) is 30.7 Å². The summed E-state index contributed by atoms with van der Waals surface area (Å²) < 4.78 is 0. The van der Waals surface area contributed by atoms with Crippen LogP contribution in [0.3, 0.4) is 0 Å². The van der Waals surface area contributed by atoms with E-state index in [2.05, 4.69) is 13.8 Å². The van der Waals surface area contributed by atoms with Gasteiger partial charge >= 0.3 is 21.1 Å². The van der Waals surface area contributed by atoms with Gasteiger partial charge in [0.15, 0.2) is 0 Å². The summed E-state index contributed by atoms with van der Waals surface area (Å²) in [6.07, 6.45) is 2.20. The number of nitrogens with two attached hydrogens (primary N) is 2. The molecule has 4 unspecified atom stereocenters. The minimum atomic E-state index is -2.19. The predicted octanol–water partition coefficient (Wildman–Crippen LogP) is -2.81. The molecule has 4 atom stereocenters. The maximum atomic E-state index is 8.93. The van der Waals surface area contributed by atoms with Gasteiger partial charge in [-0.1, -0.05) is 13.8 Å². The third-order valence-corrected chi connectivity index (χ3v) is 2.98. The Hall–Kier alpha value is -0.452. The van der Waals surface area contributed by atoms with Crippen LogP contribution in [0.4, 0.5) is 0 Å². The molecule has 1 saturated carbocycles. The largest absolute Gasteiger partial charge is 2.00 e. The number of carboxylic acids is 2. The Kier molecular flexibility index (Phi) is 9.57. The molecule has 0 amide bonds. The standard InChI is InChI=1S/C8H18N2.C2H2O4.Pt/c1-5-3-7(9)8(10)4-6(5)2;3-1(4)2(5)6;/h5-8H,3-4,9-10H2,1-2H3;(H,3,4)(H,5,6);/q;;+2/p-2. The summed E-state index contributed by atoms with van der Waals surface area (Å²) in [6, 6.07) is 0.484. The van der Waals surface area contributed by atoms with Crippen molar-refractivity contribution in [3.8, 4) is 0 Å². The molecule has 17 heavy (non-hydrogen) atoms. The minimum Gasteiger partial charge on any atom is -0.543 e. The summed E-state index contributed by atoms with van der Waals surface area (Å²) in [5.41, 5.74) is 11.6. The fraction of sp³-hybridized carbons (Fsp3) is 0.800. The minimum absolute atomic E-state index is 0. The Labute approximate surface area is 115 Å². The molecule has 0 heterocycles. The molecule has 4 N–H and O–H groups in total. The first-order valence-electron chi connectivity index (χ1n) is 5.19. The van der Waals surface area contributed by atoms with Crippen molar-refractivity contribution in [2.24, 2.45) is 23.3 Å². The predicted molar refractivity (Wildman–Crippen MR) is 53.5 cm³/mol. The zero-order valence-corrected chi connectivity index (χ0v) is 12.1. The van der Waals surface area contributed by atoms with Crippen LogP contribution in [-0.4, -0.2) is 24.0 Å². The third-order valence-electron chi connectivity index (χ3n) is 2.98. The van der Waals surface area contributed by atoms with Gasteiger partial charge in [-0.25, -0.2) is 0 Å². The van der Waals surface area contributed by atoms with Crippen molar-refractivity contribution in [1.82, 2.24) is 0 Å². The molecule has 7 heteroatoms. The number of carbonyl (C=O) groups is 2. The normalized spacial score (nSPS) is 31.5. The first-order chi connectivity index (χ1) is 7.25. The summed E-state index contributed by atoms with van der Waals surface area (Å²) in [4.78, 5) is 17.9. The van der Waals surface area contributed by atoms with Crippen LogP contribution in [0, 0.1) is 11.8 Å². The molecule has 1 aliphatic carbocycles. The summed E-state index contributed by atoms with van der Waals surface area (Å²) in [7, 11) is 0. The Morgan fingerprint density at radius 2 is 1.18 bits per heavy atom. The zero-order valence-electron chi connectivity index (χ0n) is 9.83. The van der Waals surface area contributed by atoms with E-state index in [1.807, 2.05) is 0 Å². The van der Waals surface area contributed by atoms with E-state index in [0.29, 0.717) is 0 Å². The molecular weight excluding hydrogens is 407 g/mol. The summed E-state index contributed by atoms with van der Waals surface area (Å²) in [5.74, 6) is -2.85. The van der Waals surface area contributed by atoms with E-state index in [9.17, 15) is 0 Å². The van der Waals surface area contributed by atoms with Crippen molar-refractivity contribution in [3.05, 3.63) is 0 Å². The summed E-state index contributed by atoms with van der Waals surface area (Å²) in [5, 5.41) is 17.9. The Bertz CT molecular complexity index is 225. The van der Waals surface area contributed by atoms with Crippen molar-refractivity contribution < 1.29 is 40.9 Å². The molecule has 0 radical (unpaired) electrons. The SMILES string of the molecule is CC1CC(N)C(N)CC1C.O=C([O-])C(=O)[O-].[Pt+2]. The Morgan fingerprint density at radius 3 is 1.35 bits per heavy atom. The second-order valence-electron chi connectivity index (χ2n) is 4.33. The van der Waals surface area contributed by atoms with Crippen LogP contribution in [0.1, 0.15) is 26.7 Å². The monoisotopic (exact) mass is 425 g/mol. The number of aliphatic carboxylic acids is 2. The van der Waals surface area contributed by atoms with Crippen molar-refractivity contribution in [2.75, 3.05) is 0 Å². The molecule has 102 valence electrons. The van der Waals surface area contributed by atoms with E-state index in [1.165, 1.54) is 0 Å². The quantitative estimate of drug-likeness (QED) is 0.403. The third kappa shape index (κ3) is 7.47. The van der Waals surface area contributed by atoms with Gasteiger partial charge in [0, 0.05) is 12.1 Å². The van der Waals surface area contributed by atoms with E-state index < -0.39 is 11.9 Å². The van der Waals surface area contributed by atoms with Gasteiger partial charge in [-0.3, -0.25) is 0 Å². The second-order valence-corrected chi connectivity index (χ2v) is 4.33. The van der Waals surface area contributed by atoms with Crippen molar-refractivity contribution in [2.45, 2.75) is 38.8 Å². The Balaban J connectivity index is 0. The number of carboxylic acid groups (broad SMARTS) is 2.